The van der Waals surface area contributed by atoms with Crippen molar-refractivity contribution in [2.24, 2.45) is 0 Å². The third-order valence-electron chi connectivity index (χ3n) is 11.0. The van der Waals surface area contributed by atoms with Crippen molar-refractivity contribution in [2.75, 3.05) is 0 Å². The Morgan fingerprint density at radius 1 is 0.700 bits per heavy atom. The summed E-state index contributed by atoms with van der Waals surface area (Å²) in [6.45, 7) is 10.8. The molecule has 2 aliphatic rings. The number of allylic oxidation sites excluding steroid dienone is 11. The molecule has 0 saturated carbocycles. The van der Waals surface area contributed by atoms with Gasteiger partial charge in [0, 0.05) is 5.41 Å². The summed E-state index contributed by atoms with van der Waals surface area (Å²) in [5.41, 5.74) is 13.5. The van der Waals surface area contributed by atoms with Gasteiger partial charge in [0.25, 0.3) is 0 Å². The Hall–Kier alpha value is -5.03. The molecule has 0 aliphatic heterocycles. The maximum absolute atomic E-state index is 3.83. The van der Waals surface area contributed by atoms with Crippen molar-refractivity contribution >= 4 is 41.6 Å². The lowest BCUT2D eigenvalue weighted by atomic mass is 9.81. The van der Waals surface area contributed by atoms with Gasteiger partial charge >= 0.3 is 0 Å². The van der Waals surface area contributed by atoms with Gasteiger partial charge in [0.15, 0.2) is 0 Å². The average molecular weight is 663 g/mol. The molecule has 244 valence electrons. The molecule has 0 radical (unpaired) electrons. The summed E-state index contributed by atoms with van der Waals surface area (Å²) in [7, 11) is 2.98. The predicted octanol–water partition coefficient (Wildman–Crippen LogP) is 13.8. The minimum atomic E-state index is -0.0773. The number of hydrogen-bond donors (Lipinski definition) is 0. The van der Waals surface area contributed by atoms with Crippen molar-refractivity contribution in [3.8, 4) is 22.3 Å². The fourth-order valence-electron chi connectivity index (χ4n) is 8.25. The summed E-state index contributed by atoms with van der Waals surface area (Å²) in [5, 5.41) is 9.18. The first-order valence-corrected chi connectivity index (χ1v) is 18.3. The summed E-state index contributed by atoms with van der Waals surface area (Å²) < 4.78 is 0. The SMILES string of the molecule is C=C/C=C\C1=C(C)C(P)=C(C/C=C\Cc2ccc3c(c2)C(C)(C)c2cccc(-c4ccc5c6ccccc6c6ccccc6c5c4)c2-3)C=CC1. The van der Waals surface area contributed by atoms with Crippen LogP contribution in [0.15, 0.2) is 174 Å². The van der Waals surface area contributed by atoms with E-state index in [-0.39, 0.29) is 5.41 Å². The highest BCUT2D eigenvalue weighted by atomic mass is 31.0. The fourth-order valence-corrected chi connectivity index (χ4v) is 8.65. The molecule has 1 atom stereocenters. The molecule has 0 nitrogen and oxygen atoms in total. The molecule has 0 spiro atoms. The van der Waals surface area contributed by atoms with E-state index in [4.69, 9.17) is 0 Å². The molecule has 50 heavy (non-hydrogen) atoms. The Labute approximate surface area is 299 Å². The molecular formula is C49H43P. The van der Waals surface area contributed by atoms with Crippen LogP contribution >= 0.6 is 9.24 Å². The van der Waals surface area contributed by atoms with E-state index in [1.165, 1.54) is 93.3 Å². The van der Waals surface area contributed by atoms with E-state index in [0.29, 0.717) is 0 Å². The lowest BCUT2D eigenvalue weighted by molar-refractivity contribution is 0.659. The zero-order valence-corrected chi connectivity index (χ0v) is 30.4. The molecule has 0 aromatic heterocycles. The van der Waals surface area contributed by atoms with Gasteiger partial charge in [-0.05, 0) is 126 Å². The molecule has 0 heterocycles. The highest BCUT2D eigenvalue weighted by Gasteiger charge is 2.37. The van der Waals surface area contributed by atoms with Crippen LogP contribution in [0, 0.1) is 0 Å². The summed E-state index contributed by atoms with van der Waals surface area (Å²) >= 11 is 0. The van der Waals surface area contributed by atoms with E-state index in [1.54, 1.807) is 0 Å². The highest BCUT2D eigenvalue weighted by molar-refractivity contribution is 7.23. The first kappa shape index (κ1) is 32.2. The fraction of sp³-hybridized carbons (Fsp3) is 0.143. The van der Waals surface area contributed by atoms with Crippen molar-refractivity contribution in [1.29, 1.82) is 0 Å². The number of fused-ring (bicyclic) bond motifs is 9. The maximum Gasteiger partial charge on any atom is 0.0159 e. The van der Waals surface area contributed by atoms with Crippen molar-refractivity contribution in [2.45, 2.75) is 45.4 Å². The third-order valence-corrected chi connectivity index (χ3v) is 11.8. The lowest BCUT2D eigenvalue weighted by Crippen LogP contribution is -2.15. The molecule has 0 bridgehead atoms. The van der Waals surface area contributed by atoms with Crippen molar-refractivity contribution in [3.05, 3.63) is 191 Å². The predicted molar refractivity (Wildman–Crippen MR) is 222 cm³/mol. The van der Waals surface area contributed by atoms with Gasteiger partial charge in [0.05, 0.1) is 0 Å². The topological polar surface area (TPSA) is 0 Å². The van der Waals surface area contributed by atoms with Crippen LogP contribution in [0.2, 0.25) is 0 Å². The molecular weight excluding hydrogens is 620 g/mol. The Kier molecular flexibility index (Phi) is 8.38. The first-order chi connectivity index (χ1) is 24.4. The molecule has 0 saturated heterocycles. The normalized spacial score (nSPS) is 15.5. The Bertz CT molecular complexity index is 2470. The molecule has 0 fully saturated rings. The largest absolute Gasteiger partial charge is 0.105 e. The van der Waals surface area contributed by atoms with Crippen LogP contribution in [0.1, 0.15) is 50.3 Å². The summed E-state index contributed by atoms with van der Waals surface area (Å²) in [6.07, 6.45) is 18.1. The average Bonchev–Trinajstić information content (AvgIpc) is 3.29. The van der Waals surface area contributed by atoms with Gasteiger partial charge in [-0.25, -0.2) is 0 Å². The second kappa shape index (κ2) is 13.0. The van der Waals surface area contributed by atoms with Crippen molar-refractivity contribution in [3.63, 3.8) is 0 Å². The minimum absolute atomic E-state index is 0.0773. The van der Waals surface area contributed by atoms with Crippen LogP contribution in [-0.2, 0) is 11.8 Å². The second-order valence-corrected chi connectivity index (χ2v) is 14.8. The molecule has 1 unspecified atom stereocenters. The van der Waals surface area contributed by atoms with E-state index in [0.717, 1.165) is 19.3 Å². The van der Waals surface area contributed by atoms with E-state index in [9.17, 15) is 0 Å². The zero-order valence-electron chi connectivity index (χ0n) is 29.3. The van der Waals surface area contributed by atoms with Crippen LogP contribution in [-0.4, -0.2) is 0 Å². The van der Waals surface area contributed by atoms with Gasteiger partial charge in [-0.15, -0.1) is 9.24 Å². The molecule has 0 amide bonds. The van der Waals surface area contributed by atoms with Crippen LogP contribution < -0.4 is 0 Å². The van der Waals surface area contributed by atoms with E-state index in [2.05, 4.69) is 170 Å². The van der Waals surface area contributed by atoms with Gasteiger partial charge in [-0.3, -0.25) is 0 Å². The Morgan fingerprint density at radius 3 is 2.10 bits per heavy atom. The second-order valence-electron chi connectivity index (χ2n) is 14.3. The number of hydrogen-bond acceptors (Lipinski definition) is 0. The van der Waals surface area contributed by atoms with Crippen LogP contribution in [0.3, 0.4) is 0 Å². The molecule has 8 rings (SSSR count). The van der Waals surface area contributed by atoms with Crippen LogP contribution in [0.4, 0.5) is 0 Å². The highest BCUT2D eigenvalue weighted by Crippen LogP contribution is 2.52. The number of rotatable bonds is 7. The van der Waals surface area contributed by atoms with Crippen LogP contribution in [0.5, 0.6) is 0 Å². The Morgan fingerprint density at radius 2 is 1.38 bits per heavy atom. The summed E-state index contributed by atoms with van der Waals surface area (Å²) in [5.74, 6) is 0. The lowest BCUT2D eigenvalue weighted by Gasteiger charge is -2.22. The summed E-state index contributed by atoms with van der Waals surface area (Å²) in [4.78, 5) is 0. The first-order valence-electron chi connectivity index (χ1n) is 17.8. The third kappa shape index (κ3) is 5.44. The van der Waals surface area contributed by atoms with Gasteiger partial charge in [-0.2, -0.15) is 0 Å². The van der Waals surface area contributed by atoms with Crippen molar-refractivity contribution in [1.82, 2.24) is 0 Å². The van der Waals surface area contributed by atoms with Crippen molar-refractivity contribution < 1.29 is 0 Å². The number of benzene rings is 6. The Balaban J connectivity index is 1.12. The molecule has 6 aromatic rings. The van der Waals surface area contributed by atoms with Gasteiger partial charge in [-0.1, -0.05) is 160 Å². The maximum atomic E-state index is 3.83. The molecule has 0 N–H and O–H groups in total. The van der Waals surface area contributed by atoms with Gasteiger partial charge in [0.2, 0.25) is 0 Å². The smallest absolute Gasteiger partial charge is 0.0159 e. The van der Waals surface area contributed by atoms with E-state index >= 15 is 0 Å². The standard InChI is InChI=1S/C49H43P/c1-5-6-16-34-18-13-19-35(48(50)32(34)2)17-8-7-15-33-26-28-43-46(30-33)49(3,4)45-25-14-24-37(47(43)45)36-27-29-42-40-22-10-9-20-38(40)39-21-11-12-23-41(39)44(42)31-36/h5-14,16,19-31H,1,15,17-18,50H2,2-4H3/b8-7-,16-6-. The molecule has 6 aromatic carbocycles. The van der Waals surface area contributed by atoms with Gasteiger partial charge < -0.3 is 0 Å². The van der Waals surface area contributed by atoms with E-state index in [1.807, 2.05) is 12.2 Å². The molecule has 1 heteroatoms. The summed E-state index contributed by atoms with van der Waals surface area (Å²) in [6, 6.07) is 38.9. The monoisotopic (exact) mass is 662 g/mol. The van der Waals surface area contributed by atoms with Crippen LogP contribution in [0.25, 0.3) is 54.6 Å². The molecule has 2 aliphatic carbocycles. The van der Waals surface area contributed by atoms with E-state index < -0.39 is 0 Å². The quantitative estimate of drug-likeness (QED) is 0.0691. The zero-order chi connectivity index (χ0) is 34.4. The van der Waals surface area contributed by atoms with Gasteiger partial charge in [0.1, 0.15) is 0 Å². The minimum Gasteiger partial charge on any atom is -0.105 e.